The monoisotopic (exact) mass is 508 g/mol. The molecule has 0 spiro atoms. The summed E-state index contributed by atoms with van der Waals surface area (Å²) in [6.45, 7) is 0.437. The predicted octanol–water partition coefficient (Wildman–Crippen LogP) is 5.44. The topological polar surface area (TPSA) is 67.9 Å². The lowest BCUT2D eigenvalue weighted by Gasteiger charge is -2.27. The van der Waals surface area contributed by atoms with Crippen LogP contribution in [-0.4, -0.2) is 39.6 Å². The first-order valence-corrected chi connectivity index (χ1v) is 12.2. The highest BCUT2D eigenvalue weighted by molar-refractivity contribution is 8.04. The van der Waals surface area contributed by atoms with Crippen LogP contribution in [0.2, 0.25) is 5.02 Å². The maximum Gasteiger partial charge on any atom is 0.264 e. The maximum atomic E-state index is 13.0. The molecule has 0 unspecified atom stereocenters. The molecule has 0 saturated heterocycles. The molecular weight excluding hydrogens is 484 g/mol. The number of hydrogen-bond acceptors (Lipinski definition) is 5. The standard InChI is InChI=1S/C27H25ClN2O4S/c1-30-22-14-19(26(31)29-13-12-17-8-10-20(33-2)16-23(17)34-3)9-11-24(22)35-25(27(30)32)15-18-6-4-5-7-21(18)28/h4-11,14-16H,12-13H2,1-3H3,(H,29,31). The number of amides is 2. The van der Waals surface area contributed by atoms with Crippen molar-refractivity contribution in [2.45, 2.75) is 11.3 Å². The van der Waals surface area contributed by atoms with Crippen LogP contribution in [0.15, 0.2) is 70.5 Å². The third-order valence-corrected chi connectivity index (χ3v) is 7.11. The summed E-state index contributed by atoms with van der Waals surface area (Å²) in [5.74, 6) is 1.07. The van der Waals surface area contributed by atoms with Gasteiger partial charge in [0.2, 0.25) is 0 Å². The number of anilines is 1. The van der Waals surface area contributed by atoms with E-state index in [1.165, 1.54) is 11.8 Å². The molecule has 3 aromatic rings. The molecule has 3 aromatic carbocycles. The Bertz CT molecular complexity index is 1310. The highest BCUT2D eigenvalue weighted by atomic mass is 35.5. The molecular formula is C27H25ClN2O4S. The minimum atomic E-state index is -0.205. The van der Waals surface area contributed by atoms with Gasteiger partial charge in [-0.25, -0.2) is 0 Å². The second-order valence-electron chi connectivity index (χ2n) is 7.86. The Morgan fingerprint density at radius 1 is 1.09 bits per heavy atom. The van der Waals surface area contributed by atoms with Crippen LogP contribution in [0, 0.1) is 0 Å². The molecule has 0 bridgehead atoms. The molecule has 4 rings (SSSR count). The van der Waals surface area contributed by atoms with E-state index in [9.17, 15) is 9.59 Å². The van der Waals surface area contributed by atoms with E-state index < -0.39 is 0 Å². The number of ether oxygens (including phenoxy) is 2. The summed E-state index contributed by atoms with van der Waals surface area (Å²) >= 11 is 7.63. The second-order valence-corrected chi connectivity index (χ2v) is 9.35. The second kappa shape index (κ2) is 10.9. The normalized spacial score (nSPS) is 14.0. The number of nitrogens with one attached hydrogen (secondary N) is 1. The van der Waals surface area contributed by atoms with Crippen molar-refractivity contribution >= 4 is 46.9 Å². The zero-order valence-electron chi connectivity index (χ0n) is 19.6. The number of halogens is 1. The summed E-state index contributed by atoms with van der Waals surface area (Å²) in [5, 5.41) is 3.53. The smallest absolute Gasteiger partial charge is 0.264 e. The lowest BCUT2D eigenvalue weighted by molar-refractivity contribution is -0.114. The van der Waals surface area contributed by atoms with Crippen LogP contribution in [0.5, 0.6) is 11.5 Å². The molecule has 0 atom stereocenters. The van der Waals surface area contributed by atoms with Crippen LogP contribution < -0.4 is 19.7 Å². The zero-order valence-corrected chi connectivity index (χ0v) is 21.2. The van der Waals surface area contributed by atoms with Gasteiger partial charge in [0.1, 0.15) is 11.5 Å². The number of carbonyl (C=O) groups excluding carboxylic acids is 2. The highest BCUT2D eigenvalue weighted by Gasteiger charge is 2.27. The number of thioether (sulfide) groups is 1. The van der Waals surface area contributed by atoms with E-state index in [1.54, 1.807) is 50.4 Å². The van der Waals surface area contributed by atoms with Gasteiger partial charge in [-0.05, 0) is 54.0 Å². The average molecular weight is 509 g/mol. The van der Waals surface area contributed by atoms with E-state index in [0.29, 0.717) is 45.6 Å². The van der Waals surface area contributed by atoms with Gasteiger partial charge in [0.15, 0.2) is 0 Å². The highest BCUT2D eigenvalue weighted by Crippen LogP contribution is 2.42. The van der Waals surface area contributed by atoms with Crippen molar-refractivity contribution in [3.63, 3.8) is 0 Å². The number of nitrogens with zero attached hydrogens (tertiary/aromatic N) is 1. The maximum absolute atomic E-state index is 13.0. The predicted molar refractivity (Wildman–Crippen MR) is 141 cm³/mol. The molecule has 1 N–H and O–H groups in total. The molecule has 0 radical (unpaired) electrons. The number of hydrogen-bond donors (Lipinski definition) is 1. The Kier molecular flexibility index (Phi) is 7.68. The SMILES string of the molecule is COc1ccc(CCNC(=O)c2ccc3c(c2)N(C)C(=O)C(=Cc2ccccc2Cl)S3)c(OC)c1. The van der Waals surface area contributed by atoms with Crippen molar-refractivity contribution in [3.8, 4) is 11.5 Å². The van der Waals surface area contributed by atoms with E-state index in [1.807, 2.05) is 42.5 Å². The van der Waals surface area contributed by atoms with Crippen molar-refractivity contribution in [2.24, 2.45) is 0 Å². The molecule has 0 aliphatic carbocycles. The molecule has 8 heteroatoms. The minimum absolute atomic E-state index is 0.147. The average Bonchev–Trinajstić information content (AvgIpc) is 2.88. The third-order valence-electron chi connectivity index (χ3n) is 5.68. The van der Waals surface area contributed by atoms with E-state index in [2.05, 4.69) is 5.32 Å². The van der Waals surface area contributed by atoms with Gasteiger partial charge >= 0.3 is 0 Å². The van der Waals surface area contributed by atoms with Gasteiger partial charge in [0, 0.05) is 35.1 Å². The van der Waals surface area contributed by atoms with Crippen LogP contribution in [0.3, 0.4) is 0 Å². The molecule has 6 nitrogen and oxygen atoms in total. The van der Waals surface area contributed by atoms with Gasteiger partial charge in [-0.3, -0.25) is 9.59 Å². The number of likely N-dealkylation sites (N-methyl/N-ethyl adjacent to an activating group) is 1. The Morgan fingerprint density at radius 3 is 2.63 bits per heavy atom. The molecule has 0 aromatic heterocycles. The van der Waals surface area contributed by atoms with Crippen LogP contribution in [-0.2, 0) is 11.2 Å². The number of methoxy groups -OCH3 is 2. The molecule has 0 fully saturated rings. The van der Waals surface area contributed by atoms with Gasteiger partial charge in [-0.2, -0.15) is 0 Å². The first kappa shape index (κ1) is 24.7. The number of benzene rings is 3. The van der Waals surface area contributed by atoms with E-state index in [-0.39, 0.29) is 11.8 Å². The largest absolute Gasteiger partial charge is 0.497 e. The summed E-state index contributed by atoms with van der Waals surface area (Å²) < 4.78 is 10.6. The molecule has 1 aliphatic rings. The third kappa shape index (κ3) is 5.47. The van der Waals surface area contributed by atoms with Crippen molar-refractivity contribution < 1.29 is 19.1 Å². The Balaban J connectivity index is 1.46. The molecule has 1 aliphatic heterocycles. The summed E-state index contributed by atoms with van der Waals surface area (Å²) in [7, 11) is 4.92. The lowest BCUT2D eigenvalue weighted by atomic mass is 10.1. The van der Waals surface area contributed by atoms with E-state index >= 15 is 0 Å². The molecule has 2 amide bonds. The fourth-order valence-corrected chi connectivity index (χ4v) is 5.01. The van der Waals surface area contributed by atoms with Gasteiger partial charge in [0.05, 0.1) is 24.8 Å². The number of fused-ring (bicyclic) bond motifs is 1. The van der Waals surface area contributed by atoms with Crippen molar-refractivity contribution in [1.82, 2.24) is 5.32 Å². The Hall–Kier alpha value is -3.42. The van der Waals surface area contributed by atoms with E-state index in [0.717, 1.165) is 16.0 Å². The van der Waals surface area contributed by atoms with Crippen molar-refractivity contribution in [2.75, 3.05) is 32.7 Å². The minimum Gasteiger partial charge on any atom is -0.497 e. The fraction of sp³-hybridized carbons (Fsp3) is 0.185. The zero-order chi connectivity index (χ0) is 24.9. The first-order valence-electron chi connectivity index (χ1n) is 11.0. The van der Waals surface area contributed by atoms with Crippen LogP contribution >= 0.6 is 23.4 Å². The fourth-order valence-electron chi connectivity index (χ4n) is 3.74. The molecule has 35 heavy (non-hydrogen) atoms. The first-order chi connectivity index (χ1) is 16.9. The quantitative estimate of drug-likeness (QED) is 0.430. The lowest BCUT2D eigenvalue weighted by Crippen LogP contribution is -2.31. The van der Waals surface area contributed by atoms with Crippen molar-refractivity contribution in [1.29, 1.82) is 0 Å². The Labute approximate surface area is 213 Å². The Morgan fingerprint density at radius 2 is 1.89 bits per heavy atom. The van der Waals surface area contributed by atoms with Crippen molar-refractivity contribution in [3.05, 3.63) is 87.3 Å². The van der Waals surface area contributed by atoms with Gasteiger partial charge in [-0.1, -0.05) is 47.6 Å². The van der Waals surface area contributed by atoms with Crippen LogP contribution in [0.1, 0.15) is 21.5 Å². The van der Waals surface area contributed by atoms with Crippen LogP contribution in [0.25, 0.3) is 6.08 Å². The van der Waals surface area contributed by atoms with Gasteiger partial charge in [0.25, 0.3) is 11.8 Å². The number of carbonyl (C=O) groups is 2. The van der Waals surface area contributed by atoms with Gasteiger partial charge < -0.3 is 19.7 Å². The summed E-state index contributed by atoms with van der Waals surface area (Å²) in [4.78, 5) is 28.8. The van der Waals surface area contributed by atoms with Crippen LogP contribution in [0.4, 0.5) is 5.69 Å². The summed E-state index contributed by atoms with van der Waals surface area (Å²) in [5.41, 5.74) is 2.94. The van der Waals surface area contributed by atoms with E-state index in [4.69, 9.17) is 21.1 Å². The number of rotatable bonds is 7. The molecule has 0 saturated carbocycles. The van der Waals surface area contributed by atoms with Gasteiger partial charge in [-0.15, -0.1) is 0 Å². The summed E-state index contributed by atoms with van der Waals surface area (Å²) in [6, 6.07) is 18.4. The summed E-state index contributed by atoms with van der Waals surface area (Å²) in [6.07, 6.45) is 2.40. The molecule has 1 heterocycles. The molecule has 180 valence electrons.